The number of nitrogens with zero attached hydrogens (tertiary/aromatic N) is 3. The van der Waals surface area contributed by atoms with Crippen LogP contribution in [0.15, 0.2) is 181 Å². The molecule has 0 aliphatic carbocycles. The zero-order chi connectivity index (χ0) is 35.3. The highest BCUT2D eigenvalue weighted by Gasteiger charge is 2.26. The third kappa shape index (κ3) is 4.02. The second kappa shape index (κ2) is 11.1. The number of fused-ring (bicyclic) bond motifs is 16. The van der Waals surface area contributed by atoms with Crippen molar-refractivity contribution in [3.05, 3.63) is 176 Å². The molecule has 4 aromatic heterocycles. The topological polar surface area (TPSA) is 43.9 Å². The Labute approximate surface area is 309 Å². The molecule has 54 heavy (non-hydrogen) atoms. The number of benzene rings is 8. The third-order valence-electron chi connectivity index (χ3n) is 11.2. The standard InChI is InChI=1S/C50H29N3O/c1-2-12-30(13-3-1)31-22-24-32(25-23-31)40-28-44(52-41-29-51-27-26-35(40)41)53-42-20-10-8-18-38(42)47-45-36-16-6-4-14-33(36)34-15-5-7-17-37(34)46(45)48-39-19-9-11-21-43(39)54-50(48)49(47)53/h1-29H. The predicted molar refractivity (Wildman–Crippen MR) is 225 cm³/mol. The van der Waals surface area contributed by atoms with Gasteiger partial charge in [0.15, 0.2) is 5.58 Å². The molecule has 4 heteroatoms. The first-order valence-electron chi connectivity index (χ1n) is 18.3. The van der Waals surface area contributed by atoms with E-state index in [0.29, 0.717) is 0 Å². The Bertz CT molecular complexity index is 3490. The summed E-state index contributed by atoms with van der Waals surface area (Å²) in [5.41, 5.74) is 9.23. The zero-order valence-electron chi connectivity index (χ0n) is 29.0. The van der Waals surface area contributed by atoms with E-state index in [-0.39, 0.29) is 0 Å². The number of rotatable bonds is 3. The quantitative estimate of drug-likeness (QED) is 0.174. The lowest BCUT2D eigenvalue weighted by Crippen LogP contribution is -2.00. The zero-order valence-corrected chi connectivity index (χ0v) is 29.0. The van der Waals surface area contributed by atoms with Crippen LogP contribution in [0.25, 0.3) is 115 Å². The van der Waals surface area contributed by atoms with Crippen molar-refractivity contribution in [1.29, 1.82) is 0 Å². The fourth-order valence-electron chi connectivity index (χ4n) is 8.96. The number of pyridine rings is 2. The van der Waals surface area contributed by atoms with E-state index < -0.39 is 0 Å². The Morgan fingerprint density at radius 1 is 0.444 bits per heavy atom. The number of aromatic nitrogens is 3. The molecular weight excluding hydrogens is 659 g/mol. The predicted octanol–water partition coefficient (Wildman–Crippen LogP) is 13.4. The van der Waals surface area contributed by atoms with Gasteiger partial charge >= 0.3 is 0 Å². The molecule has 0 radical (unpaired) electrons. The second-order valence-corrected chi connectivity index (χ2v) is 14.1. The molecule has 0 saturated heterocycles. The lowest BCUT2D eigenvalue weighted by molar-refractivity contribution is 0.671. The molecule has 0 aliphatic heterocycles. The first kappa shape index (κ1) is 29.3. The summed E-state index contributed by atoms with van der Waals surface area (Å²) in [6.45, 7) is 0. The van der Waals surface area contributed by atoms with Gasteiger partial charge in [0.2, 0.25) is 0 Å². The average Bonchev–Trinajstić information content (AvgIpc) is 3.80. The van der Waals surface area contributed by atoms with Crippen molar-refractivity contribution in [2.75, 3.05) is 0 Å². The molecule has 4 heterocycles. The molecule has 0 fully saturated rings. The van der Waals surface area contributed by atoms with Crippen LogP contribution in [-0.4, -0.2) is 14.5 Å². The number of para-hydroxylation sites is 2. The highest BCUT2D eigenvalue weighted by molar-refractivity contribution is 6.44. The summed E-state index contributed by atoms with van der Waals surface area (Å²) >= 11 is 0. The molecule has 0 aliphatic rings. The van der Waals surface area contributed by atoms with Gasteiger partial charge in [-0.05, 0) is 68.1 Å². The molecule has 12 rings (SSSR count). The maximum atomic E-state index is 7.02. The largest absolute Gasteiger partial charge is 0.454 e. The first-order valence-corrected chi connectivity index (χ1v) is 18.3. The molecule has 0 unspecified atom stereocenters. The summed E-state index contributed by atoms with van der Waals surface area (Å²) in [5, 5.41) is 13.0. The molecular formula is C50H29N3O. The van der Waals surface area contributed by atoms with Gasteiger partial charge in [0.1, 0.15) is 11.4 Å². The summed E-state index contributed by atoms with van der Waals surface area (Å²) in [7, 11) is 0. The van der Waals surface area contributed by atoms with E-state index in [1.165, 1.54) is 43.4 Å². The van der Waals surface area contributed by atoms with Gasteiger partial charge in [0, 0.05) is 43.9 Å². The Kier molecular flexibility index (Phi) is 6.02. The van der Waals surface area contributed by atoms with Crippen LogP contribution in [0.1, 0.15) is 0 Å². The van der Waals surface area contributed by atoms with Crippen LogP contribution >= 0.6 is 0 Å². The molecule has 0 atom stereocenters. The molecule has 0 saturated carbocycles. The lowest BCUT2D eigenvalue weighted by Gasteiger charge is -2.15. The van der Waals surface area contributed by atoms with Crippen LogP contribution in [0, 0.1) is 0 Å². The van der Waals surface area contributed by atoms with E-state index in [9.17, 15) is 0 Å². The molecule has 250 valence electrons. The fourth-order valence-corrected chi connectivity index (χ4v) is 8.96. The van der Waals surface area contributed by atoms with E-state index in [2.05, 4.69) is 173 Å². The average molecular weight is 688 g/mol. The minimum absolute atomic E-state index is 0.815. The summed E-state index contributed by atoms with van der Waals surface area (Å²) in [5.74, 6) is 0.815. The van der Waals surface area contributed by atoms with E-state index in [0.717, 1.165) is 71.6 Å². The van der Waals surface area contributed by atoms with Crippen LogP contribution < -0.4 is 0 Å². The van der Waals surface area contributed by atoms with Crippen molar-refractivity contribution < 1.29 is 4.42 Å². The summed E-state index contributed by atoms with van der Waals surface area (Å²) in [4.78, 5) is 9.92. The van der Waals surface area contributed by atoms with Gasteiger partial charge in [-0.1, -0.05) is 140 Å². The van der Waals surface area contributed by atoms with E-state index >= 15 is 0 Å². The van der Waals surface area contributed by atoms with Crippen LogP contribution in [0.4, 0.5) is 0 Å². The number of furan rings is 1. The Morgan fingerprint density at radius 2 is 1.04 bits per heavy atom. The molecule has 4 nitrogen and oxygen atoms in total. The van der Waals surface area contributed by atoms with Gasteiger partial charge in [0.25, 0.3) is 0 Å². The molecule has 0 bridgehead atoms. The fraction of sp³-hybridized carbons (Fsp3) is 0. The van der Waals surface area contributed by atoms with Gasteiger partial charge in [-0.3, -0.25) is 9.55 Å². The van der Waals surface area contributed by atoms with Gasteiger partial charge in [0.05, 0.1) is 22.7 Å². The lowest BCUT2D eigenvalue weighted by atomic mass is 9.89. The van der Waals surface area contributed by atoms with Crippen molar-refractivity contribution in [1.82, 2.24) is 14.5 Å². The van der Waals surface area contributed by atoms with E-state index in [4.69, 9.17) is 9.40 Å². The van der Waals surface area contributed by atoms with Crippen LogP contribution in [-0.2, 0) is 0 Å². The Hall–Kier alpha value is -7.30. The van der Waals surface area contributed by atoms with Gasteiger partial charge in [-0.25, -0.2) is 4.98 Å². The van der Waals surface area contributed by atoms with Gasteiger partial charge in [-0.15, -0.1) is 0 Å². The van der Waals surface area contributed by atoms with Crippen molar-refractivity contribution >= 4 is 87.0 Å². The minimum atomic E-state index is 0.815. The van der Waals surface area contributed by atoms with Crippen molar-refractivity contribution in [3.8, 4) is 28.1 Å². The van der Waals surface area contributed by atoms with Gasteiger partial charge in [-0.2, -0.15) is 0 Å². The third-order valence-corrected chi connectivity index (χ3v) is 11.2. The van der Waals surface area contributed by atoms with E-state index in [1.54, 1.807) is 0 Å². The van der Waals surface area contributed by atoms with E-state index in [1.807, 2.05) is 12.4 Å². The summed E-state index contributed by atoms with van der Waals surface area (Å²) in [6, 6.07) is 58.5. The minimum Gasteiger partial charge on any atom is -0.454 e. The Balaban J connectivity index is 1.27. The van der Waals surface area contributed by atoms with Crippen LogP contribution in [0.5, 0.6) is 0 Å². The van der Waals surface area contributed by atoms with Crippen molar-refractivity contribution in [2.45, 2.75) is 0 Å². The highest BCUT2D eigenvalue weighted by Crippen LogP contribution is 2.50. The SMILES string of the molecule is c1ccc(-c2ccc(-c3cc(-n4c5ccccc5c5c6c7ccccc7c7ccccc7c6c6c7ccccc7oc6c54)nc4cnccc34)cc2)cc1. The maximum absolute atomic E-state index is 7.02. The maximum Gasteiger partial charge on any atom is 0.160 e. The smallest absolute Gasteiger partial charge is 0.160 e. The van der Waals surface area contributed by atoms with Crippen LogP contribution in [0.3, 0.4) is 0 Å². The molecule has 0 spiro atoms. The molecule has 0 amide bonds. The van der Waals surface area contributed by atoms with Crippen LogP contribution in [0.2, 0.25) is 0 Å². The molecule has 12 aromatic rings. The first-order chi connectivity index (χ1) is 26.8. The van der Waals surface area contributed by atoms with Crippen molar-refractivity contribution in [3.63, 3.8) is 0 Å². The Morgan fingerprint density at radius 3 is 1.80 bits per heavy atom. The number of hydrogen-bond donors (Lipinski definition) is 0. The summed E-state index contributed by atoms with van der Waals surface area (Å²) < 4.78 is 9.35. The molecule has 8 aromatic carbocycles. The highest BCUT2D eigenvalue weighted by atomic mass is 16.3. The monoisotopic (exact) mass is 687 g/mol. The second-order valence-electron chi connectivity index (χ2n) is 14.1. The summed E-state index contributed by atoms with van der Waals surface area (Å²) in [6.07, 6.45) is 3.73. The number of hydrogen-bond acceptors (Lipinski definition) is 3. The molecule has 0 N–H and O–H groups in total. The normalized spacial score (nSPS) is 12.1. The van der Waals surface area contributed by atoms with Gasteiger partial charge < -0.3 is 4.42 Å². The van der Waals surface area contributed by atoms with Crippen molar-refractivity contribution in [2.24, 2.45) is 0 Å².